The number of anilines is 1. The van der Waals surface area contributed by atoms with E-state index in [0.29, 0.717) is 11.4 Å². The van der Waals surface area contributed by atoms with Gasteiger partial charge in [0, 0.05) is 5.69 Å². The van der Waals surface area contributed by atoms with Gasteiger partial charge in [0.05, 0.1) is 7.11 Å². The maximum Gasteiger partial charge on any atom is 0.341 e. The Morgan fingerprint density at radius 3 is 2.48 bits per heavy atom. The fraction of sp³-hybridized carbons (Fsp3) is 0.222. The number of carbonyl (C=O) groups is 2. The van der Waals surface area contributed by atoms with Gasteiger partial charge in [-0.05, 0) is 49.2 Å². The molecule has 0 fully saturated rings. The zero-order chi connectivity index (χ0) is 16.8. The number of carbonyl (C=O) groups excluding carboxylic acids is 2. The molecule has 0 aliphatic carbocycles. The molecular weight excluding hydrogens is 294 g/mol. The van der Waals surface area contributed by atoms with Gasteiger partial charge in [0.2, 0.25) is 0 Å². The summed E-state index contributed by atoms with van der Waals surface area (Å²) in [4.78, 5) is 23.6. The van der Waals surface area contributed by atoms with Gasteiger partial charge in [0.1, 0.15) is 11.3 Å². The zero-order valence-electron chi connectivity index (χ0n) is 13.4. The van der Waals surface area contributed by atoms with Gasteiger partial charge >= 0.3 is 5.97 Å². The van der Waals surface area contributed by atoms with E-state index in [1.807, 2.05) is 32.0 Å². The molecule has 5 nitrogen and oxygen atoms in total. The molecule has 0 unspecified atom stereocenters. The number of rotatable bonds is 5. The minimum absolute atomic E-state index is 0.194. The van der Waals surface area contributed by atoms with Crippen LogP contribution in [0.5, 0.6) is 5.75 Å². The average molecular weight is 313 g/mol. The first-order valence-electron chi connectivity index (χ1n) is 7.18. The lowest BCUT2D eigenvalue weighted by atomic mass is 10.1. The predicted molar refractivity (Wildman–Crippen MR) is 87.8 cm³/mol. The van der Waals surface area contributed by atoms with E-state index >= 15 is 0 Å². The fourth-order valence-electron chi connectivity index (χ4n) is 2.03. The molecule has 120 valence electrons. The first kappa shape index (κ1) is 16.5. The lowest BCUT2D eigenvalue weighted by molar-refractivity contribution is -0.118. The van der Waals surface area contributed by atoms with Gasteiger partial charge in [-0.1, -0.05) is 18.2 Å². The highest BCUT2D eigenvalue weighted by atomic mass is 16.5. The zero-order valence-corrected chi connectivity index (χ0v) is 13.4. The second-order valence-electron chi connectivity index (χ2n) is 5.12. The average Bonchev–Trinajstić information content (AvgIpc) is 2.56. The van der Waals surface area contributed by atoms with Crippen molar-refractivity contribution in [1.29, 1.82) is 0 Å². The third-order valence-corrected chi connectivity index (χ3v) is 3.44. The number of esters is 1. The third kappa shape index (κ3) is 4.32. The van der Waals surface area contributed by atoms with Crippen LogP contribution in [0.4, 0.5) is 5.69 Å². The van der Waals surface area contributed by atoms with Crippen molar-refractivity contribution < 1.29 is 19.1 Å². The van der Waals surface area contributed by atoms with Gasteiger partial charge in [0.15, 0.2) is 6.61 Å². The van der Waals surface area contributed by atoms with E-state index in [0.717, 1.165) is 11.1 Å². The number of aryl methyl sites for hydroxylation is 2. The Hall–Kier alpha value is -2.82. The SMILES string of the molecule is COC(=O)c1ccccc1OCC(=O)Nc1ccc(C)c(C)c1. The van der Waals surface area contributed by atoms with Crippen molar-refractivity contribution in [3.8, 4) is 5.75 Å². The highest BCUT2D eigenvalue weighted by Gasteiger charge is 2.13. The monoisotopic (exact) mass is 313 g/mol. The Balaban J connectivity index is 1.99. The van der Waals surface area contributed by atoms with Gasteiger partial charge in [-0.2, -0.15) is 0 Å². The first-order valence-corrected chi connectivity index (χ1v) is 7.18. The van der Waals surface area contributed by atoms with Crippen molar-refractivity contribution in [3.05, 3.63) is 59.2 Å². The largest absolute Gasteiger partial charge is 0.483 e. The van der Waals surface area contributed by atoms with Crippen molar-refractivity contribution >= 4 is 17.6 Å². The minimum atomic E-state index is -0.504. The summed E-state index contributed by atoms with van der Waals surface area (Å²) in [5.74, 6) is -0.488. The van der Waals surface area contributed by atoms with Crippen LogP contribution in [0, 0.1) is 13.8 Å². The molecule has 0 spiro atoms. The minimum Gasteiger partial charge on any atom is -0.483 e. The highest BCUT2D eigenvalue weighted by molar-refractivity contribution is 5.94. The molecule has 1 N–H and O–H groups in total. The van der Waals surface area contributed by atoms with E-state index in [9.17, 15) is 9.59 Å². The van der Waals surface area contributed by atoms with E-state index < -0.39 is 5.97 Å². The van der Waals surface area contributed by atoms with E-state index in [4.69, 9.17) is 4.74 Å². The summed E-state index contributed by atoms with van der Waals surface area (Å²) in [5.41, 5.74) is 3.25. The number of hydrogen-bond donors (Lipinski definition) is 1. The third-order valence-electron chi connectivity index (χ3n) is 3.44. The molecule has 0 aliphatic rings. The molecule has 0 bridgehead atoms. The molecule has 0 heterocycles. The van der Waals surface area contributed by atoms with Crippen molar-refractivity contribution in [2.24, 2.45) is 0 Å². The number of ether oxygens (including phenoxy) is 2. The Morgan fingerprint density at radius 2 is 1.78 bits per heavy atom. The smallest absolute Gasteiger partial charge is 0.341 e. The van der Waals surface area contributed by atoms with Crippen LogP contribution in [-0.4, -0.2) is 25.6 Å². The molecule has 0 radical (unpaired) electrons. The molecule has 2 rings (SSSR count). The summed E-state index contributed by atoms with van der Waals surface area (Å²) in [7, 11) is 1.30. The van der Waals surface area contributed by atoms with Crippen molar-refractivity contribution in [2.45, 2.75) is 13.8 Å². The Labute approximate surface area is 135 Å². The lowest BCUT2D eigenvalue weighted by Crippen LogP contribution is -2.21. The molecule has 23 heavy (non-hydrogen) atoms. The Bertz CT molecular complexity index is 725. The maximum absolute atomic E-state index is 12.0. The van der Waals surface area contributed by atoms with Crippen molar-refractivity contribution in [2.75, 3.05) is 19.0 Å². The molecular formula is C18H19NO4. The number of hydrogen-bond acceptors (Lipinski definition) is 4. The summed E-state index contributed by atoms with van der Waals surface area (Å²) in [6.45, 7) is 3.79. The van der Waals surface area contributed by atoms with Crippen LogP contribution in [0.1, 0.15) is 21.5 Å². The van der Waals surface area contributed by atoms with Gasteiger partial charge in [-0.3, -0.25) is 4.79 Å². The molecule has 0 aliphatic heterocycles. The van der Waals surface area contributed by atoms with E-state index in [1.54, 1.807) is 24.3 Å². The van der Waals surface area contributed by atoms with Crippen LogP contribution in [0.25, 0.3) is 0 Å². The van der Waals surface area contributed by atoms with E-state index in [1.165, 1.54) is 7.11 Å². The quantitative estimate of drug-likeness (QED) is 0.861. The van der Waals surface area contributed by atoms with E-state index in [-0.39, 0.29) is 18.1 Å². The highest BCUT2D eigenvalue weighted by Crippen LogP contribution is 2.19. The number of nitrogens with one attached hydrogen (secondary N) is 1. The van der Waals surface area contributed by atoms with Gasteiger partial charge in [-0.25, -0.2) is 4.79 Å². The Morgan fingerprint density at radius 1 is 1.04 bits per heavy atom. The summed E-state index contributed by atoms with van der Waals surface area (Å²) < 4.78 is 10.1. The fourth-order valence-corrected chi connectivity index (χ4v) is 2.03. The molecule has 0 saturated heterocycles. The van der Waals surface area contributed by atoms with Crippen LogP contribution >= 0.6 is 0 Å². The molecule has 0 atom stereocenters. The van der Waals surface area contributed by atoms with Gasteiger partial charge in [0.25, 0.3) is 5.91 Å². The number of amides is 1. The van der Waals surface area contributed by atoms with Crippen molar-refractivity contribution in [3.63, 3.8) is 0 Å². The van der Waals surface area contributed by atoms with Gasteiger partial charge in [-0.15, -0.1) is 0 Å². The summed E-state index contributed by atoms with van der Waals surface area (Å²) in [5, 5.41) is 2.76. The number of benzene rings is 2. The van der Waals surface area contributed by atoms with Crippen LogP contribution < -0.4 is 10.1 Å². The molecule has 2 aromatic carbocycles. The molecule has 1 amide bonds. The maximum atomic E-state index is 12.0. The van der Waals surface area contributed by atoms with E-state index in [2.05, 4.69) is 10.1 Å². The second-order valence-corrected chi connectivity index (χ2v) is 5.12. The van der Waals surface area contributed by atoms with Crippen LogP contribution in [0.15, 0.2) is 42.5 Å². The van der Waals surface area contributed by atoms with Crippen LogP contribution in [0.2, 0.25) is 0 Å². The van der Waals surface area contributed by atoms with Crippen molar-refractivity contribution in [1.82, 2.24) is 0 Å². The topological polar surface area (TPSA) is 64.6 Å². The summed E-state index contributed by atoms with van der Waals surface area (Å²) in [6, 6.07) is 12.3. The molecule has 0 saturated carbocycles. The molecule has 2 aromatic rings. The molecule has 0 aromatic heterocycles. The normalized spacial score (nSPS) is 10.0. The molecule has 5 heteroatoms. The first-order chi connectivity index (χ1) is 11.0. The standard InChI is InChI=1S/C18H19NO4/c1-12-8-9-14(10-13(12)2)19-17(20)11-23-16-7-5-4-6-15(16)18(21)22-3/h4-10H,11H2,1-3H3,(H,19,20). The summed E-state index contributed by atoms with van der Waals surface area (Å²) >= 11 is 0. The van der Waals surface area contributed by atoms with Gasteiger partial charge < -0.3 is 14.8 Å². The summed E-state index contributed by atoms with van der Waals surface area (Å²) in [6.07, 6.45) is 0. The Kier molecular flexibility index (Phi) is 5.36. The van der Waals surface area contributed by atoms with Crippen LogP contribution in [-0.2, 0) is 9.53 Å². The number of methoxy groups -OCH3 is 1. The second kappa shape index (κ2) is 7.45. The predicted octanol–water partition coefficient (Wildman–Crippen LogP) is 3.11. The van der Waals surface area contributed by atoms with Crippen LogP contribution in [0.3, 0.4) is 0 Å². The lowest BCUT2D eigenvalue weighted by Gasteiger charge is -2.11. The number of para-hydroxylation sites is 1.